The molecule has 0 aromatic heterocycles. The predicted molar refractivity (Wildman–Crippen MR) is 54.2 cm³/mol. The zero-order chi connectivity index (χ0) is 9.90. The second-order valence-electron chi connectivity index (χ2n) is 4.85. The second kappa shape index (κ2) is 3.96. The molecular formula is C12H18O. The van der Waals surface area contributed by atoms with Crippen molar-refractivity contribution in [3.8, 4) is 11.8 Å². The molecule has 0 N–H and O–H groups in total. The van der Waals surface area contributed by atoms with E-state index in [1.807, 2.05) is 0 Å². The molecule has 1 saturated carbocycles. The first-order valence-electron chi connectivity index (χ1n) is 5.02. The van der Waals surface area contributed by atoms with Gasteiger partial charge in [-0.05, 0) is 33.6 Å². The maximum atomic E-state index is 11.1. The second-order valence-corrected chi connectivity index (χ2v) is 4.85. The Hall–Kier alpha value is -0.770. The Morgan fingerprint density at radius 1 is 1.38 bits per heavy atom. The van der Waals surface area contributed by atoms with Crippen LogP contribution < -0.4 is 0 Å². The van der Waals surface area contributed by atoms with Gasteiger partial charge in [-0.25, -0.2) is 0 Å². The number of ketones is 1. The van der Waals surface area contributed by atoms with Gasteiger partial charge in [-0.15, -0.1) is 0 Å². The Morgan fingerprint density at radius 2 is 2.08 bits per heavy atom. The molecule has 1 heteroatoms. The van der Waals surface area contributed by atoms with Gasteiger partial charge in [0.05, 0.1) is 0 Å². The summed E-state index contributed by atoms with van der Waals surface area (Å²) in [7, 11) is 0. The van der Waals surface area contributed by atoms with Crippen LogP contribution in [0.15, 0.2) is 0 Å². The van der Waals surface area contributed by atoms with Gasteiger partial charge in [0.15, 0.2) is 0 Å². The number of carbonyl (C=O) groups excluding carboxylic acids is 1. The summed E-state index contributed by atoms with van der Waals surface area (Å²) >= 11 is 0. The van der Waals surface area contributed by atoms with E-state index in [2.05, 4.69) is 32.6 Å². The number of hydrogen-bond acceptors (Lipinski definition) is 1. The highest BCUT2D eigenvalue weighted by atomic mass is 16.1. The molecule has 0 heterocycles. The lowest BCUT2D eigenvalue weighted by molar-refractivity contribution is -0.120. The summed E-state index contributed by atoms with van der Waals surface area (Å²) < 4.78 is 0. The topological polar surface area (TPSA) is 17.1 Å². The fourth-order valence-corrected chi connectivity index (χ4v) is 1.47. The highest BCUT2D eigenvalue weighted by Gasteiger charge is 2.17. The SMILES string of the molecule is CC(C)(C)C#CC1CCCC(=O)C1. The van der Waals surface area contributed by atoms with Crippen LogP contribution in [0.4, 0.5) is 0 Å². The summed E-state index contributed by atoms with van der Waals surface area (Å²) in [5.41, 5.74) is 0.0699. The van der Waals surface area contributed by atoms with E-state index in [9.17, 15) is 4.79 Å². The Bertz CT molecular complexity index is 247. The Balaban J connectivity index is 2.52. The molecule has 1 aliphatic carbocycles. The van der Waals surface area contributed by atoms with Crippen LogP contribution in [0.3, 0.4) is 0 Å². The first-order chi connectivity index (χ1) is 5.97. The molecule has 1 rings (SSSR count). The monoisotopic (exact) mass is 178 g/mol. The van der Waals surface area contributed by atoms with Crippen molar-refractivity contribution in [3.63, 3.8) is 0 Å². The van der Waals surface area contributed by atoms with Crippen LogP contribution in [0.25, 0.3) is 0 Å². The number of rotatable bonds is 0. The normalized spacial score (nSPS) is 23.6. The standard InChI is InChI=1S/C12H18O/c1-12(2,3)8-7-10-5-4-6-11(13)9-10/h10H,4-6,9H2,1-3H3. The quantitative estimate of drug-likeness (QED) is 0.521. The van der Waals surface area contributed by atoms with E-state index in [-0.39, 0.29) is 5.41 Å². The van der Waals surface area contributed by atoms with Gasteiger partial charge >= 0.3 is 0 Å². The third kappa shape index (κ3) is 4.12. The van der Waals surface area contributed by atoms with Gasteiger partial charge in [-0.2, -0.15) is 0 Å². The molecule has 1 atom stereocenters. The minimum absolute atomic E-state index is 0.0699. The number of Topliss-reactive ketones (excluding diaryl/α,β-unsaturated/α-hetero) is 1. The maximum Gasteiger partial charge on any atom is 0.134 e. The Labute approximate surface area is 80.9 Å². The van der Waals surface area contributed by atoms with Crippen LogP contribution in [0.2, 0.25) is 0 Å². The summed E-state index contributed by atoms with van der Waals surface area (Å²) in [4.78, 5) is 11.1. The number of hydrogen-bond donors (Lipinski definition) is 0. The van der Waals surface area contributed by atoms with Gasteiger partial charge in [0.2, 0.25) is 0 Å². The van der Waals surface area contributed by atoms with E-state index < -0.39 is 0 Å². The molecule has 72 valence electrons. The molecule has 0 aromatic carbocycles. The average molecular weight is 178 g/mol. The maximum absolute atomic E-state index is 11.1. The molecule has 0 saturated heterocycles. The minimum atomic E-state index is 0.0699. The summed E-state index contributed by atoms with van der Waals surface area (Å²) in [6, 6.07) is 0. The van der Waals surface area contributed by atoms with Gasteiger partial charge in [-0.3, -0.25) is 4.79 Å². The molecule has 0 amide bonds. The Kier molecular flexibility index (Phi) is 3.14. The zero-order valence-electron chi connectivity index (χ0n) is 8.81. The third-order valence-corrected chi connectivity index (χ3v) is 2.13. The molecule has 1 aliphatic rings. The Morgan fingerprint density at radius 3 is 2.62 bits per heavy atom. The summed E-state index contributed by atoms with van der Waals surface area (Å²) in [5, 5.41) is 0. The van der Waals surface area contributed by atoms with Crippen molar-refractivity contribution in [2.75, 3.05) is 0 Å². The van der Waals surface area contributed by atoms with Gasteiger partial charge < -0.3 is 0 Å². The van der Waals surface area contributed by atoms with Crippen molar-refractivity contribution >= 4 is 5.78 Å². The van der Waals surface area contributed by atoms with Gasteiger partial charge in [-0.1, -0.05) is 11.8 Å². The van der Waals surface area contributed by atoms with Crippen molar-refractivity contribution in [3.05, 3.63) is 0 Å². The van der Waals surface area contributed by atoms with Crippen LogP contribution >= 0.6 is 0 Å². The lowest BCUT2D eigenvalue weighted by Gasteiger charge is -2.16. The number of carbonyl (C=O) groups is 1. The van der Waals surface area contributed by atoms with Crippen molar-refractivity contribution in [1.29, 1.82) is 0 Å². The fraction of sp³-hybridized carbons (Fsp3) is 0.750. The van der Waals surface area contributed by atoms with Crippen molar-refractivity contribution in [2.45, 2.75) is 46.5 Å². The van der Waals surface area contributed by atoms with Crippen LogP contribution in [0.1, 0.15) is 46.5 Å². The van der Waals surface area contributed by atoms with Crippen LogP contribution in [-0.2, 0) is 4.79 Å². The van der Waals surface area contributed by atoms with Crippen molar-refractivity contribution < 1.29 is 4.79 Å². The van der Waals surface area contributed by atoms with E-state index in [1.54, 1.807) is 0 Å². The van der Waals surface area contributed by atoms with E-state index >= 15 is 0 Å². The summed E-state index contributed by atoms with van der Waals surface area (Å²) in [5.74, 6) is 7.15. The van der Waals surface area contributed by atoms with Crippen LogP contribution in [0, 0.1) is 23.2 Å². The molecule has 0 aliphatic heterocycles. The molecule has 1 fully saturated rings. The van der Waals surface area contributed by atoms with E-state index in [0.717, 1.165) is 19.3 Å². The van der Waals surface area contributed by atoms with Crippen molar-refractivity contribution in [2.24, 2.45) is 11.3 Å². The van der Waals surface area contributed by atoms with Gasteiger partial charge in [0.25, 0.3) is 0 Å². The van der Waals surface area contributed by atoms with E-state index in [0.29, 0.717) is 18.1 Å². The van der Waals surface area contributed by atoms with E-state index in [4.69, 9.17) is 0 Å². The van der Waals surface area contributed by atoms with Gasteiger partial charge in [0.1, 0.15) is 5.78 Å². The lowest BCUT2D eigenvalue weighted by atomic mass is 9.87. The van der Waals surface area contributed by atoms with Crippen LogP contribution in [0.5, 0.6) is 0 Å². The predicted octanol–water partition coefficient (Wildman–Crippen LogP) is 2.80. The summed E-state index contributed by atoms with van der Waals surface area (Å²) in [6.45, 7) is 6.31. The third-order valence-electron chi connectivity index (χ3n) is 2.13. The molecular weight excluding hydrogens is 160 g/mol. The smallest absolute Gasteiger partial charge is 0.134 e. The fourth-order valence-electron chi connectivity index (χ4n) is 1.47. The van der Waals surface area contributed by atoms with Crippen molar-refractivity contribution in [1.82, 2.24) is 0 Å². The molecule has 1 unspecified atom stereocenters. The molecule has 1 nitrogen and oxygen atoms in total. The average Bonchev–Trinajstić information content (AvgIpc) is 2.00. The lowest BCUT2D eigenvalue weighted by Crippen LogP contribution is -2.14. The van der Waals surface area contributed by atoms with Gasteiger partial charge in [0, 0.05) is 24.2 Å². The van der Waals surface area contributed by atoms with Crippen LogP contribution in [-0.4, -0.2) is 5.78 Å². The summed E-state index contributed by atoms with van der Waals surface area (Å²) in [6.07, 6.45) is 3.59. The molecule has 0 spiro atoms. The van der Waals surface area contributed by atoms with E-state index in [1.165, 1.54) is 0 Å². The highest BCUT2D eigenvalue weighted by molar-refractivity contribution is 5.79. The molecule has 13 heavy (non-hydrogen) atoms. The first kappa shape index (κ1) is 10.3. The first-order valence-corrected chi connectivity index (χ1v) is 5.02. The molecule has 0 radical (unpaired) electrons. The highest BCUT2D eigenvalue weighted by Crippen LogP contribution is 2.21. The minimum Gasteiger partial charge on any atom is -0.300 e. The zero-order valence-corrected chi connectivity index (χ0v) is 8.81. The largest absolute Gasteiger partial charge is 0.300 e. The molecule has 0 aromatic rings. The molecule has 0 bridgehead atoms.